The molecule has 2 heterocycles. The number of carboxylic acid groups (broad SMARTS) is 1. The summed E-state index contributed by atoms with van der Waals surface area (Å²) in [5.74, 6) is -1.02. The van der Waals surface area contributed by atoms with Gasteiger partial charge in [-0.05, 0) is 20.9 Å². The molecule has 0 radical (unpaired) electrons. The molecule has 3 unspecified atom stereocenters. The molecule has 0 aliphatic carbocycles. The van der Waals surface area contributed by atoms with Gasteiger partial charge in [0.15, 0.2) is 0 Å². The molecular formula is C9H14N2O3S. The van der Waals surface area contributed by atoms with E-state index in [1.807, 2.05) is 13.8 Å². The smallest absolute Gasteiger partial charge is 0.327 e. The van der Waals surface area contributed by atoms with Gasteiger partial charge in [-0.2, -0.15) is 0 Å². The van der Waals surface area contributed by atoms with E-state index in [0.717, 1.165) is 0 Å². The Balaban J connectivity index is 2.28. The lowest BCUT2D eigenvalue weighted by Crippen LogP contribution is -2.69. The van der Waals surface area contributed by atoms with E-state index in [-0.39, 0.29) is 17.3 Å². The number of likely N-dealkylation sites (N-methyl/N-ethyl adjacent to an activating group) is 1. The van der Waals surface area contributed by atoms with E-state index in [2.05, 4.69) is 5.32 Å². The number of hydrogen-bond acceptors (Lipinski definition) is 4. The topological polar surface area (TPSA) is 69.6 Å². The van der Waals surface area contributed by atoms with E-state index >= 15 is 0 Å². The molecule has 2 rings (SSSR count). The minimum Gasteiger partial charge on any atom is -0.480 e. The summed E-state index contributed by atoms with van der Waals surface area (Å²) in [5, 5.41) is 12.0. The van der Waals surface area contributed by atoms with Crippen LogP contribution in [0.2, 0.25) is 0 Å². The van der Waals surface area contributed by atoms with Gasteiger partial charge in [0.05, 0.1) is 0 Å². The zero-order valence-corrected chi connectivity index (χ0v) is 9.67. The molecule has 84 valence electrons. The number of thioether (sulfide) groups is 1. The van der Waals surface area contributed by atoms with Crippen LogP contribution in [0.25, 0.3) is 0 Å². The van der Waals surface area contributed by atoms with E-state index < -0.39 is 16.8 Å². The summed E-state index contributed by atoms with van der Waals surface area (Å²) in [6, 6.07) is -0.928. The molecule has 6 heteroatoms. The maximum Gasteiger partial charge on any atom is 0.327 e. The molecule has 2 fully saturated rings. The van der Waals surface area contributed by atoms with Crippen molar-refractivity contribution < 1.29 is 14.7 Å². The van der Waals surface area contributed by atoms with Crippen molar-refractivity contribution in [2.24, 2.45) is 0 Å². The Morgan fingerprint density at radius 3 is 2.67 bits per heavy atom. The summed E-state index contributed by atoms with van der Waals surface area (Å²) in [6.45, 7) is 3.74. The second-order valence-electron chi connectivity index (χ2n) is 4.36. The molecule has 2 N–H and O–H groups in total. The molecule has 2 aliphatic rings. The highest BCUT2D eigenvalue weighted by molar-refractivity contribution is 8.01. The van der Waals surface area contributed by atoms with Crippen LogP contribution in [0.1, 0.15) is 13.8 Å². The first-order valence-electron chi connectivity index (χ1n) is 4.80. The van der Waals surface area contributed by atoms with Crippen molar-refractivity contribution in [1.82, 2.24) is 10.2 Å². The van der Waals surface area contributed by atoms with Crippen LogP contribution in [0.4, 0.5) is 0 Å². The van der Waals surface area contributed by atoms with Gasteiger partial charge in [0.1, 0.15) is 17.5 Å². The predicted octanol–water partition coefficient (Wildman–Crippen LogP) is -0.279. The maximum atomic E-state index is 11.7. The van der Waals surface area contributed by atoms with E-state index in [9.17, 15) is 9.59 Å². The van der Waals surface area contributed by atoms with E-state index in [4.69, 9.17) is 5.11 Å². The van der Waals surface area contributed by atoms with Crippen molar-refractivity contribution in [3.05, 3.63) is 0 Å². The van der Waals surface area contributed by atoms with E-state index in [1.54, 1.807) is 18.8 Å². The summed E-state index contributed by atoms with van der Waals surface area (Å²) >= 11 is 1.55. The molecule has 0 aromatic heterocycles. The van der Waals surface area contributed by atoms with Gasteiger partial charge < -0.3 is 15.3 Å². The first-order valence-corrected chi connectivity index (χ1v) is 5.68. The van der Waals surface area contributed by atoms with Crippen LogP contribution >= 0.6 is 11.8 Å². The molecule has 5 nitrogen and oxygen atoms in total. The SMILES string of the molecule is CNC1C(=O)N2C1SC(C)(C)C2C(=O)O. The zero-order valence-electron chi connectivity index (χ0n) is 8.85. The molecule has 3 atom stereocenters. The van der Waals surface area contributed by atoms with Gasteiger partial charge >= 0.3 is 5.97 Å². The highest BCUT2D eigenvalue weighted by Gasteiger charge is 2.63. The van der Waals surface area contributed by atoms with Crippen LogP contribution in [0, 0.1) is 0 Å². The first kappa shape index (κ1) is 10.8. The summed E-state index contributed by atoms with van der Waals surface area (Å²) in [6.07, 6.45) is 0. The van der Waals surface area contributed by atoms with Crippen LogP contribution in [0.5, 0.6) is 0 Å². The van der Waals surface area contributed by atoms with E-state index in [1.165, 1.54) is 4.90 Å². The molecule has 0 bridgehead atoms. The molecule has 1 amide bonds. The van der Waals surface area contributed by atoms with Crippen LogP contribution in [-0.4, -0.2) is 51.1 Å². The van der Waals surface area contributed by atoms with Crippen LogP contribution in [-0.2, 0) is 9.59 Å². The number of carbonyl (C=O) groups excluding carboxylic acids is 1. The van der Waals surface area contributed by atoms with Crippen LogP contribution in [0.15, 0.2) is 0 Å². The normalized spacial score (nSPS) is 37.4. The van der Waals surface area contributed by atoms with Gasteiger partial charge in [-0.3, -0.25) is 4.79 Å². The van der Waals surface area contributed by atoms with Crippen molar-refractivity contribution in [1.29, 1.82) is 0 Å². The van der Waals surface area contributed by atoms with Gasteiger partial charge in [0.2, 0.25) is 5.91 Å². The van der Waals surface area contributed by atoms with Gasteiger partial charge in [-0.25, -0.2) is 4.79 Å². The summed E-state index contributed by atoms with van der Waals surface area (Å²) in [4.78, 5) is 24.3. The minimum absolute atomic E-state index is 0.0291. The second-order valence-corrected chi connectivity index (χ2v) is 6.14. The fourth-order valence-corrected chi connectivity index (χ4v) is 3.97. The second kappa shape index (κ2) is 3.12. The van der Waals surface area contributed by atoms with Crippen molar-refractivity contribution >= 4 is 23.6 Å². The number of rotatable bonds is 2. The highest BCUT2D eigenvalue weighted by atomic mass is 32.2. The molecule has 0 aromatic carbocycles. The quantitative estimate of drug-likeness (QED) is 0.639. The maximum absolute atomic E-state index is 11.7. The molecule has 0 aromatic rings. The Bertz CT molecular complexity index is 331. The lowest BCUT2D eigenvalue weighted by atomic mass is 9.96. The Morgan fingerprint density at radius 1 is 1.60 bits per heavy atom. The molecular weight excluding hydrogens is 216 g/mol. The summed E-state index contributed by atoms with van der Waals surface area (Å²) < 4.78 is -0.419. The van der Waals surface area contributed by atoms with E-state index in [0.29, 0.717) is 0 Å². The molecule has 15 heavy (non-hydrogen) atoms. The lowest BCUT2D eigenvalue weighted by Gasteiger charge is -2.43. The molecule has 2 aliphatic heterocycles. The third kappa shape index (κ3) is 1.28. The number of hydrogen-bond donors (Lipinski definition) is 2. The average molecular weight is 230 g/mol. The van der Waals surface area contributed by atoms with Gasteiger partial charge in [-0.1, -0.05) is 0 Å². The Morgan fingerprint density at radius 2 is 2.20 bits per heavy atom. The molecule has 0 saturated carbocycles. The number of β-lactam (4-membered cyclic amide) rings is 1. The van der Waals surface area contributed by atoms with Gasteiger partial charge in [-0.15, -0.1) is 11.8 Å². The minimum atomic E-state index is -0.919. The number of amides is 1. The number of fused-ring (bicyclic) bond motifs is 1. The lowest BCUT2D eigenvalue weighted by molar-refractivity contribution is -0.160. The number of nitrogens with one attached hydrogen (secondary N) is 1. The molecule has 0 spiro atoms. The first-order chi connectivity index (χ1) is 6.90. The zero-order chi connectivity index (χ0) is 11.4. The van der Waals surface area contributed by atoms with Crippen molar-refractivity contribution in [2.45, 2.75) is 36.1 Å². The Kier molecular flexibility index (Phi) is 2.24. The van der Waals surface area contributed by atoms with Gasteiger partial charge in [0, 0.05) is 4.75 Å². The third-order valence-corrected chi connectivity index (χ3v) is 4.56. The third-order valence-electron chi connectivity index (χ3n) is 2.99. The molecule has 2 saturated heterocycles. The Labute approximate surface area is 92.2 Å². The largest absolute Gasteiger partial charge is 0.480 e. The van der Waals surface area contributed by atoms with Crippen molar-refractivity contribution in [2.75, 3.05) is 7.05 Å². The van der Waals surface area contributed by atoms with Crippen molar-refractivity contribution in [3.8, 4) is 0 Å². The predicted molar refractivity (Wildman–Crippen MR) is 56.6 cm³/mol. The van der Waals surface area contributed by atoms with Gasteiger partial charge in [0.25, 0.3) is 0 Å². The summed E-state index contributed by atoms with van der Waals surface area (Å²) in [5.41, 5.74) is 0. The number of aliphatic carboxylic acids is 1. The van der Waals surface area contributed by atoms with Crippen LogP contribution in [0.3, 0.4) is 0 Å². The fourth-order valence-electron chi connectivity index (χ4n) is 2.28. The standard InChI is InChI=1S/C9H14N2O3S/c1-9(2)5(8(13)14)11-6(12)4(10-3)7(11)15-9/h4-5,7,10H,1-3H3,(H,13,14). The number of carbonyl (C=O) groups is 2. The van der Waals surface area contributed by atoms with Crippen molar-refractivity contribution in [3.63, 3.8) is 0 Å². The Hall–Kier alpha value is -0.750. The monoisotopic (exact) mass is 230 g/mol. The summed E-state index contributed by atoms with van der Waals surface area (Å²) in [7, 11) is 1.72. The number of nitrogens with zero attached hydrogens (tertiary/aromatic N) is 1. The number of carboxylic acids is 1. The highest BCUT2D eigenvalue weighted by Crippen LogP contribution is 2.50. The van der Waals surface area contributed by atoms with Crippen LogP contribution < -0.4 is 5.32 Å². The fraction of sp³-hybridized carbons (Fsp3) is 0.778. The average Bonchev–Trinajstić information content (AvgIpc) is 2.35.